The topological polar surface area (TPSA) is 104 Å². The number of rotatable bonds is 5. The molecule has 2 rings (SSSR count). The Morgan fingerprint density at radius 2 is 1.84 bits per heavy atom. The van der Waals surface area contributed by atoms with Gasteiger partial charge in [-0.1, -0.05) is 25.4 Å². The van der Waals surface area contributed by atoms with Crippen molar-refractivity contribution in [1.82, 2.24) is 10.6 Å². The standard InChI is InChI=1S/C16H22ClN3O4S/c1-10(2)14(15(21)18-12-5-3-11(17)4-6-12)20-16(22)19-13-7-8-25(23,24)9-13/h3-6,10,13-14H,7-9H2,1-2H3,(H,18,21)(H2,19,20,22). The monoisotopic (exact) mass is 387 g/mol. The van der Waals surface area contributed by atoms with Crippen LogP contribution >= 0.6 is 11.6 Å². The molecule has 0 saturated carbocycles. The Labute approximate surface area is 152 Å². The molecular weight excluding hydrogens is 366 g/mol. The summed E-state index contributed by atoms with van der Waals surface area (Å²) in [6.07, 6.45) is 0.388. The Balaban J connectivity index is 1.94. The second-order valence-corrected chi connectivity index (χ2v) is 9.10. The fraction of sp³-hybridized carbons (Fsp3) is 0.500. The summed E-state index contributed by atoms with van der Waals surface area (Å²) < 4.78 is 22.9. The van der Waals surface area contributed by atoms with Crippen molar-refractivity contribution in [1.29, 1.82) is 0 Å². The van der Waals surface area contributed by atoms with Gasteiger partial charge < -0.3 is 16.0 Å². The zero-order valence-corrected chi connectivity index (χ0v) is 15.7. The number of amides is 3. The molecule has 2 unspecified atom stereocenters. The predicted molar refractivity (Wildman–Crippen MR) is 97.4 cm³/mol. The molecule has 0 aliphatic carbocycles. The summed E-state index contributed by atoms with van der Waals surface area (Å²) in [7, 11) is -3.08. The van der Waals surface area contributed by atoms with E-state index in [1.807, 2.05) is 13.8 Å². The van der Waals surface area contributed by atoms with E-state index in [0.717, 1.165) is 0 Å². The van der Waals surface area contributed by atoms with E-state index in [0.29, 0.717) is 17.1 Å². The average molecular weight is 388 g/mol. The zero-order valence-electron chi connectivity index (χ0n) is 14.1. The molecule has 2 atom stereocenters. The van der Waals surface area contributed by atoms with Crippen LogP contribution in [0, 0.1) is 5.92 Å². The van der Waals surface area contributed by atoms with Crippen LogP contribution in [0.15, 0.2) is 24.3 Å². The Bertz CT molecular complexity index is 734. The molecule has 1 aromatic rings. The van der Waals surface area contributed by atoms with Crippen molar-refractivity contribution in [2.75, 3.05) is 16.8 Å². The van der Waals surface area contributed by atoms with Gasteiger partial charge in [-0.15, -0.1) is 0 Å². The summed E-state index contributed by atoms with van der Waals surface area (Å²) in [5.41, 5.74) is 0.573. The van der Waals surface area contributed by atoms with E-state index in [1.54, 1.807) is 24.3 Å². The summed E-state index contributed by atoms with van der Waals surface area (Å²) in [6.45, 7) is 3.62. The van der Waals surface area contributed by atoms with E-state index in [-0.39, 0.29) is 23.3 Å². The first-order valence-electron chi connectivity index (χ1n) is 8.00. The largest absolute Gasteiger partial charge is 0.334 e. The summed E-state index contributed by atoms with van der Waals surface area (Å²) >= 11 is 5.81. The van der Waals surface area contributed by atoms with Gasteiger partial charge in [-0.2, -0.15) is 0 Å². The Morgan fingerprint density at radius 3 is 2.36 bits per heavy atom. The van der Waals surface area contributed by atoms with Crippen molar-refractivity contribution in [3.63, 3.8) is 0 Å². The van der Waals surface area contributed by atoms with Crippen molar-refractivity contribution in [3.05, 3.63) is 29.3 Å². The first-order valence-corrected chi connectivity index (χ1v) is 10.2. The van der Waals surface area contributed by atoms with Gasteiger partial charge in [-0.25, -0.2) is 13.2 Å². The van der Waals surface area contributed by atoms with E-state index in [9.17, 15) is 18.0 Å². The minimum atomic E-state index is -3.08. The molecule has 1 aliphatic heterocycles. The van der Waals surface area contributed by atoms with Gasteiger partial charge >= 0.3 is 6.03 Å². The number of carbonyl (C=O) groups is 2. The highest BCUT2D eigenvalue weighted by Gasteiger charge is 2.30. The van der Waals surface area contributed by atoms with E-state index >= 15 is 0 Å². The lowest BCUT2D eigenvalue weighted by molar-refractivity contribution is -0.118. The van der Waals surface area contributed by atoms with E-state index < -0.39 is 28.0 Å². The molecule has 138 valence electrons. The molecule has 3 N–H and O–H groups in total. The predicted octanol–water partition coefficient (Wildman–Crippen LogP) is 1.79. The van der Waals surface area contributed by atoms with Gasteiger partial charge in [0, 0.05) is 16.8 Å². The molecule has 0 bridgehead atoms. The molecule has 1 fully saturated rings. The molecule has 0 spiro atoms. The fourth-order valence-electron chi connectivity index (χ4n) is 2.57. The second kappa shape index (κ2) is 8.05. The minimum absolute atomic E-state index is 0.0657. The van der Waals surface area contributed by atoms with Gasteiger partial charge in [0.2, 0.25) is 5.91 Å². The summed E-state index contributed by atoms with van der Waals surface area (Å²) in [5, 5.41) is 8.52. The maximum atomic E-state index is 12.4. The van der Waals surface area contributed by atoms with Crippen molar-refractivity contribution in [3.8, 4) is 0 Å². The number of halogens is 1. The maximum Gasteiger partial charge on any atom is 0.315 e. The third-order valence-corrected chi connectivity index (χ3v) is 5.94. The van der Waals surface area contributed by atoms with E-state index in [1.165, 1.54) is 0 Å². The molecule has 3 amide bonds. The maximum absolute atomic E-state index is 12.4. The van der Waals surface area contributed by atoms with E-state index in [4.69, 9.17) is 11.6 Å². The summed E-state index contributed by atoms with van der Waals surface area (Å²) in [5.74, 6) is -0.497. The molecular formula is C16H22ClN3O4S. The van der Waals surface area contributed by atoms with E-state index in [2.05, 4.69) is 16.0 Å². The quantitative estimate of drug-likeness (QED) is 0.716. The molecule has 7 nitrogen and oxygen atoms in total. The number of hydrogen-bond acceptors (Lipinski definition) is 4. The average Bonchev–Trinajstić information content (AvgIpc) is 2.85. The normalized spacial score (nSPS) is 20.1. The SMILES string of the molecule is CC(C)C(NC(=O)NC1CCS(=O)(=O)C1)C(=O)Nc1ccc(Cl)cc1. The van der Waals surface area contributed by atoms with Crippen LogP contribution in [0.1, 0.15) is 20.3 Å². The van der Waals surface area contributed by atoms with Crippen LogP contribution in [0.5, 0.6) is 0 Å². The van der Waals surface area contributed by atoms with Crippen molar-refractivity contribution in [2.45, 2.75) is 32.4 Å². The zero-order chi connectivity index (χ0) is 18.6. The highest BCUT2D eigenvalue weighted by Crippen LogP contribution is 2.15. The van der Waals surface area contributed by atoms with Crippen LogP contribution in [-0.2, 0) is 14.6 Å². The van der Waals surface area contributed by atoms with Crippen LogP contribution < -0.4 is 16.0 Å². The number of benzene rings is 1. The number of hydrogen-bond donors (Lipinski definition) is 3. The molecule has 1 aliphatic rings. The molecule has 0 aromatic heterocycles. The lowest BCUT2D eigenvalue weighted by Crippen LogP contribution is -2.52. The third kappa shape index (κ3) is 5.89. The van der Waals surface area contributed by atoms with Gasteiger partial charge in [0.25, 0.3) is 0 Å². The van der Waals surface area contributed by atoms with Crippen LogP contribution in [0.25, 0.3) is 0 Å². The van der Waals surface area contributed by atoms with Crippen LogP contribution in [0.3, 0.4) is 0 Å². The molecule has 1 aromatic carbocycles. The molecule has 1 heterocycles. The van der Waals surface area contributed by atoms with Gasteiger partial charge in [0.05, 0.1) is 11.5 Å². The lowest BCUT2D eigenvalue weighted by atomic mass is 10.0. The van der Waals surface area contributed by atoms with Crippen molar-refractivity contribution >= 4 is 39.1 Å². The Hall–Kier alpha value is -1.80. The summed E-state index contributed by atoms with van der Waals surface area (Å²) in [6, 6.07) is 4.92. The number of anilines is 1. The minimum Gasteiger partial charge on any atom is -0.334 e. The first kappa shape index (κ1) is 19.5. The van der Waals surface area contributed by atoms with Crippen molar-refractivity contribution in [2.24, 2.45) is 5.92 Å². The smallest absolute Gasteiger partial charge is 0.315 e. The summed E-state index contributed by atoms with van der Waals surface area (Å²) in [4.78, 5) is 24.5. The highest BCUT2D eigenvalue weighted by molar-refractivity contribution is 7.91. The Morgan fingerprint density at radius 1 is 1.20 bits per heavy atom. The van der Waals surface area contributed by atoms with Crippen LogP contribution in [0.4, 0.5) is 10.5 Å². The first-order chi connectivity index (χ1) is 11.7. The molecule has 0 radical (unpaired) electrons. The van der Waals surface area contributed by atoms with Gasteiger partial charge in [-0.3, -0.25) is 4.79 Å². The number of carbonyl (C=O) groups excluding carboxylic acids is 2. The molecule has 1 saturated heterocycles. The Kier molecular flexibility index (Phi) is 6.29. The van der Waals surface area contributed by atoms with Gasteiger partial charge in [0.1, 0.15) is 6.04 Å². The number of urea groups is 1. The van der Waals surface area contributed by atoms with Gasteiger partial charge in [-0.05, 0) is 36.6 Å². The number of nitrogens with one attached hydrogen (secondary N) is 3. The van der Waals surface area contributed by atoms with Crippen LogP contribution in [-0.4, -0.2) is 43.9 Å². The molecule has 9 heteroatoms. The number of sulfone groups is 1. The third-order valence-electron chi connectivity index (χ3n) is 3.92. The fourth-order valence-corrected chi connectivity index (χ4v) is 4.36. The van der Waals surface area contributed by atoms with Crippen molar-refractivity contribution < 1.29 is 18.0 Å². The van der Waals surface area contributed by atoms with Gasteiger partial charge in [0.15, 0.2) is 9.84 Å². The lowest BCUT2D eigenvalue weighted by Gasteiger charge is -2.23. The molecule has 25 heavy (non-hydrogen) atoms. The highest BCUT2D eigenvalue weighted by atomic mass is 35.5. The second-order valence-electron chi connectivity index (χ2n) is 6.44. The van der Waals surface area contributed by atoms with Crippen LogP contribution in [0.2, 0.25) is 5.02 Å².